The van der Waals surface area contributed by atoms with Gasteiger partial charge in [-0.15, -0.1) is 0 Å². The van der Waals surface area contributed by atoms with Crippen LogP contribution in [0.15, 0.2) is 278 Å². The van der Waals surface area contributed by atoms with Crippen LogP contribution in [0.25, 0.3) is 0 Å². The van der Waals surface area contributed by atoms with Crippen molar-refractivity contribution >= 4 is 11.8 Å². The van der Waals surface area contributed by atoms with Crippen LogP contribution in [-0.4, -0.2) is 121 Å². The number of benzene rings is 9. The lowest BCUT2D eigenvalue weighted by Crippen LogP contribution is -2.66. The number of aliphatic hydroxyl groups is 2. The van der Waals surface area contributed by atoms with Gasteiger partial charge in [0.05, 0.1) is 72.7 Å². The van der Waals surface area contributed by atoms with E-state index in [0.29, 0.717) is 6.61 Å². The zero-order valence-electron chi connectivity index (χ0n) is 53.5. The quantitative estimate of drug-likeness (QED) is 0.0399. The van der Waals surface area contributed by atoms with Crippen molar-refractivity contribution < 1.29 is 71.8 Å². The minimum absolute atomic E-state index is 0.0426. The van der Waals surface area contributed by atoms with Crippen LogP contribution in [0.4, 0.5) is 0 Å². The van der Waals surface area contributed by atoms with Gasteiger partial charge in [0.25, 0.3) is 0 Å². The van der Waals surface area contributed by atoms with Gasteiger partial charge < -0.3 is 71.8 Å². The Morgan fingerprint density at radius 3 is 0.885 bits per heavy atom. The third-order valence-corrected chi connectivity index (χ3v) is 18.2. The predicted molar refractivity (Wildman–Crippen MR) is 363 cm³/mol. The molecule has 0 amide bonds. The zero-order chi connectivity index (χ0) is 65.4. The van der Waals surface area contributed by atoms with E-state index in [1.165, 1.54) is 11.8 Å². The highest BCUT2D eigenvalue weighted by Gasteiger charge is 2.55. The second-order valence-corrected chi connectivity index (χ2v) is 25.2. The molecule has 16 heteroatoms. The molecule has 9 aromatic rings. The van der Waals surface area contributed by atoms with Gasteiger partial charge in [-0.25, -0.2) is 0 Å². The van der Waals surface area contributed by atoms with Gasteiger partial charge in [-0.3, -0.25) is 0 Å². The van der Waals surface area contributed by atoms with Gasteiger partial charge in [-0.2, -0.15) is 0 Å². The van der Waals surface area contributed by atoms with Crippen LogP contribution in [0.1, 0.15) is 44.5 Å². The number of hydrogen-bond acceptors (Lipinski definition) is 16. The molecule has 3 aliphatic rings. The Morgan fingerprint density at radius 2 is 0.531 bits per heavy atom. The van der Waals surface area contributed by atoms with Crippen molar-refractivity contribution in [1.29, 1.82) is 0 Å². The monoisotopic (exact) mass is 1320 g/mol. The molecule has 6 unspecified atom stereocenters. The molecule has 96 heavy (non-hydrogen) atoms. The van der Waals surface area contributed by atoms with E-state index in [1.54, 1.807) is 0 Å². The van der Waals surface area contributed by atoms with E-state index in [1.807, 2.05) is 273 Å². The van der Waals surface area contributed by atoms with Crippen LogP contribution < -0.4 is 0 Å². The van der Waals surface area contributed by atoms with Crippen LogP contribution in [0, 0.1) is 0 Å². The van der Waals surface area contributed by atoms with Crippen LogP contribution >= 0.6 is 11.8 Å². The van der Waals surface area contributed by atoms with Crippen molar-refractivity contribution in [3.63, 3.8) is 0 Å². The maximum atomic E-state index is 13.2. The summed E-state index contributed by atoms with van der Waals surface area (Å²) in [5.74, 6) is 0. The molecule has 3 heterocycles. The normalized spacial score (nSPS) is 25.9. The average molecular weight is 1320 g/mol. The summed E-state index contributed by atoms with van der Waals surface area (Å²) in [6.07, 6.45) is -14.9. The molecule has 3 saturated heterocycles. The van der Waals surface area contributed by atoms with Gasteiger partial charge in [0.1, 0.15) is 78.7 Å². The summed E-state index contributed by atoms with van der Waals surface area (Å²) in [7, 11) is 0. The van der Waals surface area contributed by atoms with Crippen molar-refractivity contribution in [3.8, 4) is 0 Å². The lowest BCUT2D eigenvalue weighted by molar-refractivity contribution is -0.358. The fraction of sp³-hybridized carbons (Fsp3) is 0.325. The number of rotatable bonds is 33. The van der Waals surface area contributed by atoms with Crippen molar-refractivity contribution in [2.75, 3.05) is 19.8 Å². The number of thioether (sulfide) groups is 1. The molecule has 3 aliphatic heterocycles. The Labute approximate surface area is 567 Å². The highest BCUT2D eigenvalue weighted by atomic mass is 32.2. The van der Waals surface area contributed by atoms with Crippen molar-refractivity contribution in [2.45, 2.75) is 149 Å². The minimum Gasteiger partial charge on any atom is -0.385 e. The molecule has 15 atom stereocenters. The summed E-state index contributed by atoms with van der Waals surface area (Å²) >= 11 is 1.45. The molecule has 9 aromatic carbocycles. The molecule has 0 bridgehead atoms. The third kappa shape index (κ3) is 19.7. The first-order chi connectivity index (χ1) is 47.4. The summed E-state index contributed by atoms with van der Waals surface area (Å²) in [6.45, 7) is 1.44. The summed E-state index contributed by atoms with van der Waals surface area (Å²) in [5.41, 5.74) is 6.57. The van der Waals surface area contributed by atoms with Crippen molar-refractivity contribution in [3.05, 3.63) is 317 Å². The SMILES string of the molecule is OC1[C@@H](OCC2O[C@H](Sc3ccccc3)C(OCc3ccccc3)[C@@H](O[C@@H]3OC(COCc4ccccc4)[C@H](OCc4ccccc4)C(OCc4ccccc4)[C@@H]3O)[C@@H]2OCc2ccccc2)OC(COCc2ccccc2)[C@@H](OCc2ccccc2)[C@H]1OCc1ccccc1. The van der Waals surface area contributed by atoms with Gasteiger partial charge >= 0.3 is 0 Å². The Kier molecular flexibility index (Phi) is 26.0. The number of ether oxygens (including phenoxy) is 13. The minimum atomic E-state index is -1.46. The topological polar surface area (TPSA) is 160 Å². The summed E-state index contributed by atoms with van der Waals surface area (Å²) in [5, 5.41) is 26.0. The van der Waals surface area contributed by atoms with Crippen molar-refractivity contribution in [1.82, 2.24) is 0 Å². The molecule has 0 radical (unpaired) electrons. The highest BCUT2D eigenvalue weighted by Crippen LogP contribution is 2.41. The second kappa shape index (κ2) is 36.4. The molecule has 15 nitrogen and oxygen atoms in total. The van der Waals surface area contributed by atoms with Gasteiger partial charge in [-0.1, -0.05) is 273 Å². The lowest BCUT2D eigenvalue weighted by atomic mass is 9.96. The molecule has 3 fully saturated rings. The molecule has 0 aliphatic carbocycles. The molecule has 0 saturated carbocycles. The van der Waals surface area contributed by atoms with Crippen molar-refractivity contribution in [2.24, 2.45) is 0 Å². The summed E-state index contributed by atoms with van der Waals surface area (Å²) in [6, 6.07) is 88.8. The first-order valence-electron chi connectivity index (χ1n) is 32.9. The number of aliphatic hydroxyl groups excluding tert-OH is 2. The van der Waals surface area contributed by atoms with Gasteiger partial charge in [-0.05, 0) is 56.6 Å². The van der Waals surface area contributed by atoms with E-state index in [-0.39, 0.29) is 66.1 Å². The largest absolute Gasteiger partial charge is 0.385 e. The van der Waals surface area contributed by atoms with Gasteiger partial charge in [0.15, 0.2) is 12.6 Å². The van der Waals surface area contributed by atoms with Gasteiger partial charge in [0, 0.05) is 4.90 Å². The standard InChI is InChI=1S/C80H84O15S/c81-69-74(88-51-62-38-20-6-21-39-62)71(85-48-59-32-14-3-15-33-59)66(54-83-46-57-28-10-1-11-29-57)92-78(69)91-56-68-73(87-50-61-36-18-5-19-37-61)76(77(90-53-64-42-24-8-25-43-64)80(94-68)96-65-44-26-9-27-45-65)95-79-70(82)75(89-52-63-40-22-7-23-41-63)72(86-49-60-34-16-4-17-35-60)67(93-79)55-84-47-58-30-12-2-13-31-58/h1-45,66-82H,46-56H2/t66?,67?,68?,69?,70-,71+,72-,73+,74-,75?,76-,77?,78-,79-,80+/m0/s1. The van der Waals surface area contributed by atoms with E-state index < -0.39 is 91.3 Å². The molecular formula is C80H84O15S. The molecule has 12 rings (SSSR count). The Morgan fingerprint density at radius 1 is 0.260 bits per heavy atom. The molecular weight excluding hydrogens is 1230 g/mol. The van der Waals surface area contributed by atoms with Gasteiger partial charge in [0.2, 0.25) is 0 Å². The van der Waals surface area contributed by atoms with Crippen LogP contribution in [0.2, 0.25) is 0 Å². The maximum absolute atomic E-state index is 13.2. The van der Waals surface area contributed by atoms with E-state index in [9.17, 15) is 10.2 Å². The highest BCUT2D eigenvalue weighted by molar-refractivity contribution is 7.99. The average Bonchev–Trinajstić information content (AvgIpc) is 0.780. The fourth-order valence-electron chi connectivity index (χ4n) is 12.0. The predicted octanol–water partition coefficient (Wildman–Crippen LogP) is 13.0. The molecule has 500 valence electrons. The Hall–Kier alpha value is -7.27. The first kappa shape index (κ1) is 68.7. The van der Waals surface area contributed by atoms with E-state index in [2.05, 4.69) is 0 Å². The Balaban J connectivity index is 0.907. The van der Waals surface area contributed by atoms with Crippen LogP contribution in [0.3, 0.4) is 0 Å². The van der Waals surface area contributed by atoms with Crippen LogP contribution in [-0.2, 0) is 114 Å². The molecule has 0 spiro atoms. The third-order valence-electron chi connectivity index (χ3n) is 17.0. The Bertz CT molecular complexity index is 3580. The lowest BCUT2D eigenvalue weighted by Gasteiger charge is -2.50. The van der Waals surface area contributed by atoms with Crippen LogP contribution in [0.5, 0.6) is 0 Å². The van der Waals surface area contributed by atoms with E-state index >= 15 is 0 Å². The summed E-state index contributed by atoms with van der Waals surface area (Å²) in [4.78, 5) is 0.888. The first-order valence-corrected chi connectivity index (χ1v) is 33.8. The maximum Gasteiger partial charge on any atom is 0.187 e. The van der Waals surface area contributed by atoms with E-state index in [4.69, 9.17) is 61.6 Å². The second-order valence-electron chi connectivity index (χ2n) is 24.0. The molecule has 0 aromatic heterocycles. The smallest absolute Gasteiger partial charge is 0.187 e. The molecule has 2 N–H and O–H groups in total. The zero-order valence-corrected chi connectivity index (χ0v) is 54.3. The number of hydrogen-bond donors (Lipinski definition) is 2. The summed E-state index contributed by atoms with van der Waals surface area (Å²) < 4.78 is 90.6. The fourth-order valence-corrected chi connectivity index (χ4v) is 13.2. The van der Waals surface area contributed by atoms with E-state index in [0.717, 1.165) is 49.4 Å².